The van der Waals surface area contributed by atoms with Crippen molar-refractivity contribution in [1.29, 1.82) is 0 Å². The van der Waals surface area contributed by atoms with E-state index < -0.39 is 34.4 Å². The van der Waals surface area contributed by atoms with Gasteiger partial charge in [0, 0.05) is 36.9 Å². The topological polar surface area (TPSA) is 75.4 Å². The lowest BCUT2D eigenvalue weighted by Gasteiger charge is -2.28. The van der Waals surface area contributed by atoms with Crippen LogP contribution >= 0.6 is 11.8 Å². The zero-order valence-corrected chi connectivity index (χ0v) is 15.7. The predicted molar refractivity (Wildman–Crippen MR) is 104 cm³/mol. The first-order valence-electron chi connectivity index (χ1n) is 8.64. The Balaban J connectivity index is 2.05. The molecule has 0 bridgehead atoms. The Labute approximate surface area is 166 Å². The standard InChI is InChI=1S/C19H14F3N3O3S/c20-10-1-2-15(13(21)7-10)25-9-12(19(27)28)16(26)11-8-14(22)18(23-17(11)25)24-3-5-29-6-4-24/h1-2,7-9H,3-6H2,(H,27,28). The van der Waals surface area contributed by atoms with Gasteiger partial charge in [-0.15, -0.1) is 0 Å². The Kier molecular flexibility index (Phi) is 4.95. The van der Waals surface area contributed by atoms with Gasteiger partial charge in [-0.2, -0.15) is 11.8 Å². The van der Waals surface area contributed by atoms with Crippen LogP contribution in [0.4, 0.5) is 19.0 Å². The average molecular weight is 421 g/mol. The first kappa shape index (κ1) is 19.3. The first-order valence-corrected chi connectivity index (χ1v) is 9.79. The number of anilines is 1. The SMILES string of the molecule is O=C(O)c1cn(-c2ccc(F)cc2F)c2nc(N3CCSCC3)c(F)cc2c1=O. The second kappa shape index (κ2) is 7.43. The van der Waals surface area contributed by atoms with Crippen LogP contribution in [0.15, 0.2) is 35.3 Å². The van der Waals surface area contributed by atoms with Crippen molar-refractivity contribution >= 4 is 34.6 Å². The average Bonchev–Trinajstić information content (AvgIpc) is 2.69. The van der Waals surface area contributed by atoms with E-state index in [9.17, 15) is 27.9 Å². The van der Waals surface area contributed by atoms with Crippen LogP contribution in [0.5, 0.6) is 0 Å². The summed E-state index contributed by atoms with van der Waals surface area (Å²) in [5.41, 5.74) is -1.93. The number of benzene rings is 1. The molecule has 0 atom stereocenters. The minimum Gasteiger partial charge on any atom is -0.477 e. The quantitative estimate of drug-likeness (QED) is 0.701. The van der Waals surface area contributed by atoms with Gasteiger partial charge in [-0.25, -0.2) is 22.9 Å². The van der Waals surface area contributed by atoms with Crippen LogP contribution in [0.25, 0.3) is 16.7 Å². The van der Waals surface area contributed by atoms with Crippen molar-refractivity contribution in [2.75, 3.05) is 29.5 Å². The molecule has 0 saturated carbocycles. The number of fused-ring (bicyclic) bond motifs is 1. The highest BCUT2D eigenvalue weighted by Crippen LogP contribution is 2.26. The number of carbonyl (C=O) groups is 1. The molecule has 4 rings (SSSR count). The highest BCUT2D eigenvalue weighted by atomic mass is 32.2. The van der Waals surface area contributed by atoms with Gasteiger partial charge in [0.15, 0.2) is 17.3 Å². The molecular formula is C19H14F3N3O3S. The number of aromatic nitrogens is 2. The number of aromatic carboxylic acids is 1. The van der Waals surface area contributed by atoms with E-state index in [0.29, 0.717) is 19.2 Å². The van der Waals surface area contributed by atoms with Crippen LogP contribution in [-0.4, -0.2) is 45.2 Å². The molecule has 0 radical (unpaired) electrons. The summed E-state index contributed by atoms with van der Waals surface area (Å²) in [7, 11) is 0. The molecule has 150 valence electrons. The van der Waals surface area contributed by atoms with Crippen molar-refractivity contribution in [3.8, 4) is 5.69 Å². The van der Waals surface area contributed by atoms with Gasteiger partial charge in [0.1, 0.15) is 17.2 Å². The zero-order chi connectivity index (χ0) is 20.7. The molecule has 1 fully saturated rings. The van der Waals surface area contributed by atoms with Crippen LogP contribution in [0.1, 0.15) is 10.4 Å². The van der Waals surface area contributed by atoms with Crippen molar-refractivity contribution in [3.63, 3.8) is 0 Å². The van der Waals surface area contributed by atoms with Gasteiger partial charge in [0.05, 0.1) is 11.1 Å². The largest absolute Gasteiger partial charge is 0.477 e. The molecule has 1 aliphatic rings. The third-order valence-electron chi connectivity index (χ3n) is 4.62. The van der Waals surface area contributed by atoms with E-state index in [0.717, 1.165) is 40.5 Å². The minimum absolute atomic E-state index is 0.00320. The molecule has 10 heteroatoms. The van der Waals surface area contributed by atoms with E-state index >= 15 is 0 Å². The summed E-state index contributed by atoms with van der Waals surface area (Å²) in [6, 6.07) is 3.65. The summed E-state index contributed by atoms with van der Waals surface area (Å²) in [5, 5.41) is 9.04. The number of hydrogen-bond donors (Lipinski definition) is 1. The number of halogens is 3. The smallest absolute Gasteiger partial charge is 0.341 e. The van der Waals surface area contributed by atoms with Crippen molar-refractivity contribution in [2.24, 2.45) is 0 Å². The molecule has 0 aliphatic carbocycles. The van der Waals surface area contributed by atoms with Gasteiger partial charge in [-0.05, 0) is 18.2 Å². The fraction of sp³-hybridized carbons (Fsp3) is 0.211. The number of hydrogen-bond acceptors (Lipinski definition) is 5. The van der Waals surface area contributed by atoms with Crippen LogP contribution < -0.4 is 10.3 Å². The molecular weight excluding hydrogens is 407 g/mol. The number of carboxylic acids is 1. The molecule has 6 nitrogen and oxygen atoms in total. The molecule has 3 heterocycles. The fourth-order valence-corrected chi connectivity index (χ4v) is 4.13. The van der Waals surface area contributed by atoms with Crippen LogP contribution in [0, 0.1) is 17.5 Å². The lowest BCUT2D eigenvalue weighted by Crippen LogP contribution is -2.34. The van der Waals surface area contributed by atoms with Gasteiger partial charge < -0.3 is 10.0 Å². The van der Waals surface area contributed by atoms with Crippen molar-refractivity contribution in [2.45, 2.75) is 0 Å². The van der Waals surface area contributed by atoms with E-state index in [-0.39, 0.29) is 22.5 Å². The minimum atomic E-state index is -1.55. The van der Waals surface area contributed by atoms with E-state index in [2.05, 4.69) is 4.98 Å². The Morgan fingerprint density at radius 2 is 1.83 bits per heavy atom. The molecule has 0 spiro atoms. The fourth-order valence-electron chi connectivity index (χ4n) is 3.22. The summed E-state index contributed by atoms with van der Waals surface area (Å²) in [6.45, 7) is 1.09. The maximum atomic E-state index is 14.8. The van der Waals surface area contributed by atoms with Gasteiger partial charge in [0.25, 0.3) is 0 Å². The van der Waals surface area contributed by atoms with E-state index in [1.807, 2.05) is 0 Å². The molecule has 1 aliphatic heterocycles. The third kappa shape index (κ3) is 3.44. The highest BCUT2D eigenvalue weighted by Gasteiger charge is 2.23. The Bertz CT molecular complexity index is 1190. The molecule has 1 saturated heterocycles. The maximum Gasteiger partial charge on any atom is 0.341 e. The summed E-state index contributed by atoms with van der Waals surface area (Å²) < 4.78 is 43.6. The lowest BCUT2D eigenvalue weighted by atomic mass is 10.1. The Hall–Kier alpha value is -3.01. The normalized spacial score (nSPS) is 14.4. The summed E-state index contributed by atoms with van der Waals surface area (Å²) in [4.78, 5) is 30.0. The number of nitrogens with zero attached hydrogens (tertiary/aromatic N) is 3. The molecule has 29 heavy (non-hydrogen) atoms. The molecule has 1 N–H and O–H groups in total. The third-order valence-corrected chi connectivity index (χ3v) is 5.57. The van der Waals surface area contributed by atoms with E-state index in [1.54, 1.807) is 16.7 Å². The zero-order valence-electron chi connectivity index (χ0n) is 14.9. The van der Waals surface area contributed by atoms with Crippen molar-refractivity contribution in [3.05, 3.63) is 63.7 Å². The van der Waals surface area contributed by atoms with Crippen LogP contribution in [0.2, 0.25) is 0 Å². The summed E-state index contributed by atoms with van der Waals surface area (Å²) in [5.74, 6) is -2.57. The molecule has 3 aromatic rings. The number of thioether (sulfide) groups is 1. The summed E-state index contributed by atoms with van der Waals surface area (Å²) in [6.07, 6.45) is 0.921. The predicted octanol–water partition coefficient (Wildman–Crippen LogP) is 3.05. The molecule has 2 aromatic heterocycles. The Morgan fingerprint density at radius 1 is 1.10 bits per heavy atom. The van der Waals surface area contributed by atoms with Crippen LogP contribution in [0.3, 0.4) is 0 Å². The van der Waals surface area contributed by atoms with Gasteiger partial charge >= 0.3 is 5.97 Å². The number of rotatable bonds is 3. The molecule has 0 unspecified atom stereocenters. The molecule has 0 amide bonds. The lowest BCUT2D eigenvalue weighted by molar-refractivity contribution is 0.0695. The van der Waals surface area contributed by atoms with E-state index in [4.69, 9.17) is 0 Å². The van der Waals surface area contributed by atoms with Gasteiger partial charge in [0.2, 0.25) is 5.43 Å². The van der Waals surface area contributed by atoms with Gasteiger partial charge in [-0.3, -0.25) is 9.36 Å². The van der Waals surface area contributed by atoms with Crippen molar-refractivity contribution < 1.29 is 23.1 Å². The van der Waals surface area contributed by atoms with Crippen LogP contribution in [-0.2, 0) is 0 Å². The number of pyridine rings is 2. The first-order chi connectivity index (χ1) is 13.9. The second-order valence-electron chi connectivity index (χ2n) is 6.41. The second-order valence-corrected chi connectivity index (χ2v) is 7.63. The monoisotopic (exact) mass is 421 g/mol. The molecule has 1 aromatic carbocycles. The van der Waals surface area contributed by atoms with Crippen molar-refractivity contribution in [1.82, 2.24) is 9.55 Å². The highest BCUT2D eigenvalue weighted by molar-refractivity contribution is 7.99. The van der Waals surface area contributed by atoms with E-state index in [1.165, 1.54) is 0 Å². The Morgan fingerprint density at radius 3 is 2.48 bits per heavy atom. The number of carboxylic acid groups (broad SMARTS) is 1. The summed E-state index contributed by atoms with van der Waals surface area (Å²) >= 11 is 1.72. The van der Waals surface area contributed by atoms with Gasteiger partial charge in [-0.1, -0.05) is 0 Å². The maximum absolute atomic E-state index is 14.8.